The van der Waals surface area contributed by atoms with Crippen molar-refractivity contribution in [1.29, 1.82) is 0 Å². The third kappa shape index (κ3) is 5.00. The maximum Gasteiger partial charge on any atom is 0.261 e. The van der Waals surface area contributed by atoms with Gasteiger partial charge in [-0.25, -0.2) is 0 Å². The van der Waals surface area contributed by atoms with Gasteiger partial charge in [0, 0.05) is 13.1 Å². The molecule has 0 aromatic heterocycles. The van der Waals surface area contributed by atoms with Crippen molar-refractivity contribution in [3.8, 4) is 5.75 Å². The fourth-order valence-electron chi connectivity index (χ4n) is 1.68. The van der Waals surface area contributed by atoms with E-state index in [1.54, 1.807) is 17.1 Å². The predicted octanol–water partition coefficient (Wildman–Crippen LogP) is 2.83. The highest BCUT2D eigenvalue weighted by atomic mass is 16.5. The minimum Gasteiger partial charge on any atom is -0.484 e. The molecule has 0 saturated heterocycles. The maximum atomic E-state index is 12.0. The number of aryl methyl sites for hydroxylation is 1. The van der Waals surface area contributed by atoms with Gasteiger partial charge in [0.15, 0.2) is 6.61 Å². The molecule has 0 fully saturated rings. The molecule has 0 aliphatic rings. The number of benzene rings is 1. The molecule has 0 N–H and O–H groups in total. The van der Waals surface area contributed by atoms with Crippen LogP contribution < -0.4 is 4.74 Å². The molecular weight excluding hydrogens is 238 g/mol. The lowest BCUT2D eigenvalue weighted by atomic mass is 10.2. The van der Waals surface area contributed by atoms with E-state index in [2.05, 4.69) is 20.1 Å². The Hall–Kier alpha value is -2.03. The smallest absolute Gasteiger partial charge is 0.261 e. The van der Waals surface area contributed by atoms with Gasteiger partial charge in [0.2, 0.25) is 0 Å². The first-order valence-electron chi connectivity index (χ1n) is 6.42. The molecule has 1 amide bonds. The van der Waals surface area contributed by atoms with Crippen LogP contribution in [0.4, 0.5) is 0 Å². The summed E-state index contributed by atoms with van der Waals surface area (Å²) in [5.41, 5.74) is 1.19. The first-order valence-corrected chi connectivity index (χ1v) is 6.42. The van der Waals surface area contributed by atoms with E-state index in [0.717, 1.165) is 12.2 Å². The molecule has 3 nitrogen and oxygen atoms in total. The molecule has 0 atom stereocenters. The van der Waals surface area contributed by atoms with Crippen molar-refractivity contribution in [3.05, 3.63) is 55.1 Å². The van der Waals surface area contributed by atoms with Crippen LogP contribution in [0.1, 0.15) is 12.5 Å². The van der Waals surface area contributed by atoms with Crippen LogP contribution in [0.3, 0.4) is 0 Å². The Kier molecular flexibility index (Phi) is 6.44. The van der Waals surface area contributed by atoms with Gasteiger partial charge in [-0.15, -0.1) is 13.2 Å². The molecule has 0 unspecified atom stereocenters. The van der Waals surface area contributed by atoms with Crippen LogP contribution in [-0.2, 0) is 11.2 Å². The van der Waals surface area contributed by atoms with E-state index in [1.807, 2.05) is 24.3 Å². The van der Waals surface area contributed by atoms with Gasteiger partial charge < -0.3 is 9.64 Å². The Morgan fingerprint density at radius 3 is 2.58 bits per heavy atom. The average Bonchev–Trinajstić information content (AvgIpc) is 2.44. The molecule has 1 aromatic rings. The molecule has 0 bridgehead atoms. The zero-order valence-electron chi connectivity index (χ0n) is 11.5. The molecule has 19 heavy (non-hydrogen) atoms. The Balaban J connectivity index is 2.56. The number of nitrogens with zero attached hydrogens (tertiary/aromatic N) is 1. The normalized spacial score (nSPS) is 9.74. The van der Waals surface area contributed by atoms with E-state index in [0.29, 0.717) is 13.1 Å². The van der Waals surface area contributed by atoms with Crippen LogP contribution in [0.5, 0.6) is 5.75 Å². The van der Waals surface area contributed by atoms with Crippen molar-refractivity contribution in [2.75, 3.05) is 19.7 Å². The average molecular weight is 259 g/mol. The second kappa shape index (κ2) is 8.14. The van der Waals surface area contributed by atoms with E-state index in [1.165, 1.54) is 5.56 Å². The molecule has 0 heterocycles. The van der Waals surface area contributed by atoms with E-state index in [9.17, 15) is 4.79 Å². The standard InChI is InChI=1S/C16H21NO2/c1-4-10-17(11-5-2)16(18)13-19-15-9-7-8-14(6-3)12-15/h4-5,7-9,12H,1-2,6,10-11,13H2,3H3. The second-order valence-corrected chi connectivity index (χ2v) is 4.17. The first-order chi connectivity index (χ1) is 9.21. The second-order valence-electron chi connectivity index (χ2n) is 4.17. The molecule has 0 saturated carbocycles. The number of amides is 1. The van der Waals surface area contributed by atoms with Crippen molar-refractivity contribution < 1.29 is 9.53 Å². The van der Waals surface area contributed by atoms with Crippen LogP contribution >= 0.6 is 0 Å². The van der Waals surface area contributed by atoms with Gasteiger partial charge in [0.25, 0.3) is 5.91 Å². The summed E-state index contributed by atoms with van der Waals surface area (Å²) in [4.78, 5) is 13.6. The van der Waals surface area contributed by atoms with Gasteiger partial charge in [-0.1, -0.05) is 31.2 Å². The van der Waals surface area contributed by atoms with Crippen LogP contribution in [0.2, 0.25) is 0 Å². The van der Waals surface area contributed by atoms with E-state index in [4.69, 9.17) is 4.74 Å². The number of hydrogen-bond donors (Lipinski definition) is 0. The lowest BCUT2D eigenvalue weighted by Gasteiger charge is -2.19. The summed E-state index contributed by atoms with van der Waals surface area (Å²) < 4.78 is 5.52. The minimum absolute atomic E-state index is 0.0366. The summed E-state index contributed by atoms with van der Waals surface area (Å²) in [7, 11) is 0. The number of carbonyl (C=O) groups is 1. The summed E-state index contributed by atoms with van der Waals surface area (Å²) in [6, 6.07) is 7.79. The van der Waals surface area contributed by atoms with Crippen molar-refractivity contribution in [1.82, 2.24) is 4.90 Å². The molecule has 3 heteroatoms. The number of hydrogen-bond acceptors (Lipinski definition) is 2. The first kappa shape index (κ1) is 15.0. The molecule has 0 radical (unpaired) electrons. The minimum atomic E-state index is -0.0679. The lowest BCUT2D eigenvalue weighted by molar-refractivity contribution is -0.132. The fourth-order valence-corrected chi connectivity index (χ4v) is 1.68. The van der Waals surface area contributed by atoms with E-state index in [-0.39, 0.29) is 12.5 Å². The summed E-state index contributed by atoms with van der Waals surface area (Å²) in [5.74, 6) is 0.659. The largest absolute Gasteiger partial charge is 0.484 e. The topological polar surface area (TPSA) is 29.5 Å². The van der Waals surface area contributed by atoms with Crippen molar-refractivity contribution in [2.45, 2.75) is 13.3 Å². The van der Waals surface area contributed by atoms with Gasteiger partial charge in [0.1, 0.15) is 5.75 Å². The van der Waals surface area contributed by atoms with Gasteiger partial charge in [-0.05, 0) is 24.1 Å². The molecule has 1 rings (SSSR count). The van der Waals surface area contributed by atoms with Crippen LogP contribution in [-0.4, -0.2) is 30.5 Å². The third-order valence-electron chi connectivity index (χ3n) is 2.72. The summed E-state index contributed by atoms with van der Waals surface area (Å²) >= 11 is 0. The number of ether oxygens (including phenoxy) is 1. The number of rotatable bonds is 8. The van der Waals surface area contributed by atoms with E-state index >= 15 is 0 Å². The quantitative estimate of drug-likeness (QED) is 0.672. The van der Waals surface area contributed by atoms with Crippen molar-refractivity contribution in [2.24, 2.45) is 0 Å². The predicted molar refractivity (Wildman–Crippen MR) is 78.3 cm³/mol. The zero-order chi connectivity index (χ0) is 14.1. The SMILES string of the molecule is C=CCN(CC=C)C(=O)COc1cccc(CC)c1. The monoisotopic (exact) mass is 259 g/mol. The summed E-state index contributed by atoms with van der Waals surface area (Å²) in [6.07, 6.45) is 4.34. The molecule has 0 aliphatic carbocycles. The van der Waals surface area contributed by atoms with Crippen molar-refractivity contribution in [3.63, 3.8) is 0 Å². The van der Waals surface area contributed by atoms with Gasteiger partial charge in [-0.3, -0.25) is 4.79 Å². The Bertz CT molecular complexity index is 430. The van der Waals surface area contributed by atoms with Gasteiger partial charge >= 0.3 is 0 Å². The third-order valence-corrected chi connectivity index (χ3v) is 2.72. The van der Waals surface area contributed by atoms with Crippen LogP contribution in [0.15, 0.2) is 49.6 Å². The highest BCUT2D eigenvalue weighted by Crippen LogP contribution is 2.13. The number of carbonyl (C=O) groups excluding carboxylic acids is 1. The molecule has 1 aromatic carbocycles. The summed E-state index contributed by atoms with van der Waals surface area (Å²) in [6.45, 7) is 10.4. The van der Waals surface area contributed by atoms with Crippen molar-refractivity contribution >= 4 is 5.91 Å². The Morgan fingerprint density at radius 2 is 2.00 bits per heavy atom. The molecular formula is C16H21NO2. The fraction of sp³-hybridized carbons (Fsp3) is 0.312. The van der Waals surface area contributed by atoms with Crippen LogP contribution in [0, 0.1) is 0 Å². The van der Waals surface area contributed by atoms with Gasteiger partial charge in [0.05, 0.1) is 0 Å². The highest BCUT2D eigenvalue weighted by molar-refractivity contribution is 5.78. The van der Waals surface area contributed by atoms with Crippen LogP contribution in [0.25, 0.3) is 0 Å². The molecule has 102 valence electrons. The summed E-state index contributed by atoms with van der Waals surface area (Å²) in [5, 5.41) is 0. The molecule has 0 aliphatic heterocycles. The van der Waals surface area contributed by atoms with Gasteiger partial charge in [-0.2, -0.15) is 0 Å². The Labute approximate surface area is 115 Å². The molecule has 0 spiro atoms. The lowest BCUT2D eigenvalue weighted by Crippen LogP contribution is -2.35. The van der Waals surface area contributed by atoms with E-state index < -0.39 is 0 Å². The highest BCUT2D eigenvalue weighted by Gasteiger charge is 2.11. The maximum absolute atomic E-state index is 12.0. The zero-order valence-corrected chi connectivity index (χ0v) is 11.5. The Morgan fingerprint density at radius 1 is 1.32 bits per heavy atom.